The van der Waals surface area contributed by atoms with Crippen molar-refractivity contribution in [2.24, 2.45) is 4.99 Å². The molecular weight excluding hydrogens is 498 g/mol. The molecule has 2 aromatic carbocycles. The van der Waals surface area contributed by atoms with E-state index in [1.54, 1.807) is 45.9 Å². The molecule has 0 saturated carbocycles. The molecule has 0 spiro atoms. The number of hydrogen-bond acceptors (Lipinski definition) is 5. The Morgan fingerprint density at radius 2 is 1.70 bits per heavy atom. The highest BCUT2D eigenvalue weighted by molar-refractivity contribution is 6.62. The van der Waals surface area contributed by atoms with Crippen LogP contribution in [0.2, 0.25) is 0 Å². The fourth-order valence-electron chi connectivity index (χ4n) is 4.10. The van der Waals surface area contributed by atoms with E-state index in [9.17, 15) is 22.4 Å². The van der Waals surface area contributed by atoms with Crippen LogP contribution in [0.3, 0.4) is 0 Å². The third-order valence-corrected chi connectivity index (χ3v) is 6.95. The van der Waals surface area contributed by atoms with Gasteiger partial charge in [0.25, 0.3) is 11.9 Å². The second-order valence-corrected chi connectivity index (χ2v) is 10.1. The molecule has 1 fully saturated rings. The van der Waals surface area contributed by atoms with Crippen LogP contribution in [0.4, 0.5) is 22.0 Å². The van der Waals surface area contributed by atoms with E-state index in [-0.39, 0.29) is 11.0 Å². The fraction of sp³-hybridized carbons (Fsp3) is 0.440. The number of hydrogen-bond donors (Lipinski definition) is 1. The second kappa shape index (κ2) is 9.40. The highest BCUT2D eigenvalue weighted by Gasteiger charge is 2.54. The van der Waals surface area contributed by atoms with E-state index in [2.05, 4.69) is 10.3 Å². The quantitative estimate of drug-likeness (QED) is 0.475. The topological polar surface area (TPSA) is 69.2 Å². The molecule has 0 radical (unpaired) electrons. The van der Waals surface area contributed by atoms with E-state index < -0.39 is 72.5 Å². The Kier molecular flexibility index (Phi) is 6.87. The number of carbonyl (C=O) groups is 1. The standard InChI is InChI=1S/C25H26BF5N2O4/c1-22(2)23(3,4)37-26(36-22)16-10-11-18(28)17(12-16)24(14-27)13-19(25(29,30)31)35-21(33-24)32-20(34)15-8-6-5-7-9-15/h5-12,19H,13-14H2,1-4H3,(H,32,33,34)/t19-,24+/m0/s1. The monoisotopic (exact) mass is 524 g/mol. The van der Waals surface area contributed by atoms with Gasteiger partial charge in [-0.25, -0.2) is 13.8 Å². The zero-order valence-corrected chi connectivity index (χ0v) is 20.7. The summed E-state index contributed by atoms with van der Waals surface area (Å²) in [6.07, 6.45) is -8.54. The minimum absolute atomic E-state index is 0.114. The Bertz CT molecular complexity index is 1190. The maximum atomic E-state index is 15.1. The van der Waals surface area contributed by atoms with Crippen molar-refractivity contribution < 1.29 is 40.8 Å². The molecule has 1 N–H and O–H groups in total. The number of halogens is 5. The summed E-state index contributed by atoms with van der Waals surface area (Å²) >= 11 is 0. The van der Waals surface area contributed by atoms with Crippen molar-refractivity contribution in [3.63, 3.8) is 0 Å². The molecule has 0 bridgehead atoms. The Morgan fingerprint density at radius 1 is 1.08 bits per heavy atom. The average Bonchev–Trinajstić information content (AvgIpc) is 3.05. The summed E-state index contributed by atoms with van der Waals surface area (Å²) in [6, 6.07) is 10.3. The summed E-state index contributed by atoms with van der Waals surface area (Å²) in [4.78, 5) is 16.6. The zero-order valence-electron chi connectivity index (χ0n) is 20.7. The Balaban J connectivity index is 1.76. The molecule has 6 nitrogen and oxygen atoms in total. The minimum atomic E-state index is -4.95. The second-order valence-electron chi connectivity index (χ2n) is 10.1. The highest BCUT2D eigenvalue weighted by atomic mass is 19.4. The number of aliphatic imine (C=N–C) groups is 1. The molecule has 2 heterocycles. The SMILES string of the molecule is CC1(C)OB(c2ccc(F)c([C@]3(CF)C[C@@H](C(F)(F)F)OC(NC(=O)c4ccccc4)=N3)c2)OC1(C)C. The third kappa shape index (κ3) is 5.22. The molecular formula is C25H26BF5N2O4. The molecule has 2 aromatic rings. The molecule has 1 amide bonds. The van der Waals surface area contributed by atoms with E-state index in [4.69, 9.17) is 14.0 Å². The van der Waals surface area contributed by atoms with Crippen LogP contribution in [0.1, 0.15) is 50.0 Å². The van der Waals surface area contributed by atoms with Gasteiger partial charge in [0.2, 0.25) is 0 Å². The van der Waals surface area contributed by atoms with Gasteiger partial charge in [-0.1, -0.05) is 30.3 Å². The molecule has 2 aliphatic heterocycles. The van der Waals surface area contributed by atoms with Crippen molar-refractivity contribution >= 4 is 24.5 Å². The van der Waals surface area contributed by atoms with Crippen molar-refractivity contribution in [3.05, 3.63) is 65.5 Å². The maximum absolute atomic E-state index is 15.1. The number of rotatable bonds is 4. The number of nitrogens with one attached hydrogen (secondary N) is 1. The minimum Gasteiger partial charge on any atom is -0.452 e. The lowest BCUT2D eigenvalue weighted by Crippen LogP contribution is -2.50. The molecule has 2 atom stereocenters. The average molecular weight is 524 g/mol. The number of amidine groups is 1. The Morgan fingerprint density at radius 3 is 2.27 bits per heavy atom. The van der Waals surface area contributed by atoms with Crippen LogP contribution in [0.15, 0.2) is 53.5 Å². The number of benzene rings is 2. The van der Waals surface area contributed by atoms with Gasteiger partial charge >= 0.3 is 13.3 Å². The molecule has 1 saturated heterocycles. The smallest absolute Gasteiger partial charge is 0.452 e. The number of nitrogens with zero attached hydrogens (tertiary/aromatic N) is 1. The maximum Gasteiger partial charge on any atom is 0.494 e. The summed E-state index contributed by atoms with van der Waals surface area (Å²) in [7, 11) is -0.972. The first-order valence-electron chi connectivity index (χ1n) is 11.6. The first-order chi connectivity index (χ1) is 17.2. The van der Waals surface area contributed by atoms with Gasteiger partial charge in [0.05, 0.1) is 11.2 Å². The summed E-state index contributed by atoms with van der Waals surface area (Å²) in [5.41, 5.74) is -3.85. The molecule has 2 aliphatic rings. The zero-order chi connectivity index (χ0) is 27.2. The normalized spacial score (nSPS) is 24.8. The Labute approximate surface area is 211 Å². The van der Waals surface area contributed by atoms with Crippen LogP contribution < -0.4 is 10.8 Å². The predicted molar refractivity (Wildman–Crippen MR) is 127 cm³/mol. The van der Waals surface area contributed by atoms with Crippen molar-refractivity contribution in [3.8, 4) is 0 Å². The van der Waals surface area contributed by atoms with Crippen LogP contribution >= 0.6 is 0 Å². The van der Waals surface area contributed by atoms with Gasteiger partial charge < -0.3 is 14.0 Å². The Hall–Kier alpha value is -2.99. The molecule has 12 heteroatoms. The van der Waals surface area contributed by atoms with Crippen LogP contribution in [0, 0.1) is 5.82 Å². The van der Waals surface area contributed by atoms with E-state index in [0.29, 0.717) is 0 Å². The van der Waals surface area contributed by atoms with E-state index in [1.807, 2.05) is 0 Å². The van der Waals surface area contributed by atoms with Crippen molar-refractivity contribution in [1.82, 2.24) is 5.32 Å². The largest absolute Gasteiger partial charge is 0.494 e. The number of alkyl halides is 4. The summed E-state index contributed by atoms with van der Waals surface area (Å²) < 4.78 is 88.1. The molecule has 0 aromatic heterocycles. The van der Waals surface area contributed by atoms with Gasteiger partial charge in [-0.05, 0) is 51.4 Å². The first-order valence-corrected chi connectivity index (χ1v) is 11.6. The van der Waals surface area contributed by atoms with Gasteiger partial charge in [-0.3, -0.25) is 10.1 Å². The molecule has 198 valence electrons. The lowest BCUT2D eigenvalue weighted by atomic mass is 9.75. The summed E-state index contributed by atoms with van der Waals surface area (Å²) in [5, 5.41) is 2.16. The van der Waals surface area contributed by atoms with Crippen LogP contribution in [0.5, 0.6) is 0 Å². The van der Waals surface area contributed by atoms with Gasteiger partial charge in [-0.2, -0.15) is 13.2 Å². The summed E-state index contributed by atoms with van der Waals surface area (Å²) in [6.45, 7) is 5.73. The highest BCUT2D eigenvalue weighted by Crippen LogP contribution is 2.42. The first kappa shape index (κ1) is 27.1. The number of carbonyl (C=O) groups excluding carboxylic acids is 1. The number of amides is 1. The third-order valence-electron chi connectivity index (χ3n) is 6.95. The lowest BCUT2D eigenvalue weighted by molar-refractivity contribution is -0.209. The molecule has 37 heavy (non-hydrogen) atoms. The van der Waals surface area contributed by atoms with Crippen LogP contribution in [0.25, 0.3) is 0 Å². The molecule has 0 unspecified atom stereocenters. The summed E-state index contributed by atoms with van der Waals surface area (Å²) in [5.74, 6) is -1.79. The van der Waals surface area contributed by atoms with Crippen LogP contribution in [-0.4, -0.2) is 49.2 Å². The van der Waals surface area contributed by atoms with Crippen molar-refractivity contribution in [1.29, 1.82) is 0 Å². The van der Waals surface area contributed by atoms with Gasteiger partial charge in [-0.15, -0.1) is 0 Å². The van der Waals surface area contributed by atoms with Crippen molar-refractivity contribution in [2.45, 2.75) is 63.1 Å². The molecule has 0 aliphatic carbocycles. The number of ether oxygens (including phenoxy) is 1. The molecule has 4 rings (SSSR count). The fourth-order valence-corrected chi connectivity index (χ4v) is 4.10. The predicted octanol–water partition coefficient (Wildman–Crippen LogP) is 4.43. The lowest BCUT2D eigenvalue weighted by Gasteiger charge is -2.37. The van der Waals surface area contributed by atoms with Gasteiger partial charge in [0.1, 0.15) is 18.0 Å². The van der Waals surface area contributed by atoms with E-state index in [0.717, 1.165) is 6.07 Å². The van der Waals surface area contributed by atoms with Gasteiger partial charge in [0, 0.05) is 17.5 Å². The van der Waals surface area contributed by atoms with Gasteiger partial charge in [0.15, 0.2) is 6.10 Å². The van der Waals surface area contributed by atoms with Crippen molar-refractivity contribution in [2.75, 3.05) is 6.67 Å². The van der Waals surface area contributed by atoms with E-state index >= 15 is 4.39 Å². The van der Waals surface area contributed by atoms with Crippen LogP contribution in [-0.2, 0) is 19.6 Å². The van der Waals surface area contributed by atoms with E-state index in [1.165, 1.54) is 24.3 Å².